The van der Waals surface area contributed by atoms with Crippen LogP contribution in [0.4, 0.5) is 0 Å². The van der Waals surface area contributed by atoms with Gasteiger partial charge in [-0.3, -0.25) is 0 Å². The van der Waals surface area contributed by atoms with Gasteiger partial charge in [0.15, 0.2) is 0 Å². The Kier molecular flexibility index (Phi) is 4.17. The Morgan fingerprint density at radius 3 is 2.48 bits per heavy atom. The summed E-state index contributed by atoms with van der Waals surface area (Å²) in [6, 6.07) is 13.2. The Balaban J connectivity index is 0.000000121. The second kappa shape index (κ2) is 6.24. The molecule has 0 saturated carbocycles. The molecule has 0 spiro atoms. The maximum absolute atomic E-state index is 2.50. The molecule has 0 nitrogen and oxygen atoms in total. The summed E-state index contributed by atoms with van der Waals surface area (Å²) in [7, 11) is -0.976. The van der Waals surface area contributed by atoms with E-state index >= 15 is 0 Å². The summed E-state index contributed by atoms with van der Waals surface area (Å²) < 4.78 is 0.678. The summed E-state index contributed by atoms with van der Waals surface area (Å²) in [5, 5.41) is 9.22. The zero-order chi connectivity index (χ0) is 18.9. The Labute approximate surface area is 181 Å². The molecule has 7 rings (SSSR count). The molecule has 0 saturated heterocycles. The van der Waals surface area contributed by atoms with Crippen molar-refractivity contribution in [1.29, 1.82) is 0 Å². The van der Waals surface area contributed by atoms with E-state index in [0.717, 1.165) is 5.54 Å². The van der Waals surface area contributed by atoms with Crippen LogP contribution in [0.15, 0.2) is 58.3 Å². The Morgan fingerprint density at radius 1 is 0.963 bits per heavy atom. The number of benzene rings is 2. The van der Waals surface area contributed by atoms with Gasteiger partial charge in [-0.25, -0.2) is 0 Å². The molecule has 2 unspecified atom stereocenters. The molecule has 0 radical (unpaired) electrons. The number of hydrogen-bond donors (Lipinski definition) is 0. The fourth-order valence-electron chi connectivity index (χ4n) is 5.46. The molecule has 133 valence electrons. The molecule has 0 fully saturated rings. The monoisotopic (exact) mass is 461 g/mol. The zero-order valence-corrected chi connectivity index (χ0v) is 20.5. The van der Waals surface area contributed by atoms with Gasteiger partial charge in [0.05, 0.1) is 8.07 Å². The molecule has 4 aliphatic rings. The van der Waals surface area contributed by atoms with Crippen LogP contribution in [0.25, 0.3) is 22.0 Å². The summed E-state index contributed by atoms with van der Waals surface area (Å²) in [4.78, 5) is 0. The van der Waals surface area contributed by atoms with Gasteiger partial charge >= 0.3 is 105 Å². The van der Waals surface area contributed by atoms with Gasteiger partial charge in [0.25, 0.3) is 0 Å². The normalized spacial score (nSPS) is 23.3. The fourth-order valence-corrected chi connectivity index (χ4v) is 11.7. The third-order valence-electron chi connectivity index (χ3n) is 6.61. The van der Waals surface area contributed by atoms with Crippen molar-refractivity contribution >= 4 is 41.5 Å². The molecule has 2 atom stereocenters. The zero-order valence-electron chi connectivity index (χ0n) is 16.3. The van der Waals surface area contributed by atoms with Crippen LogP contribution in [-0.2, 0) is 24.7 Å². The van der Waals surface area contributed by atoms with E-state index in [1.165, 1.54) is 27.5 Å². The quantitative estimate of drug-likeness (QED) is 0.308. The molecule has 2 aliphatic heterocycles. The summed E-state index contributed by atoms with van der Waals surface area (Å²) >= 11 is 3.46. The van der Waals surface area contributed by atoms with E-state index in [0.29, 0.717) is 3.63 Å². The first-order chi connectivity index (χ1) is 12.9. The van der Waals surface area contributed by atoms with E-state index in [-0.39, 0.29) is 0 Å². The molecule has 27 heavy (non-hydrogen) atoms. The van der Waals surface area contributed by atoms with Crippen LogP contribution in [0.1, 0.15) is 45.3 Å². The van der Waals surface area contributed by atoms with Gasteiger partial charge in [-0.1, -0.05) is 23.9 Å². The van der Waals surface area contributed by atoms with Gasteiger partial charge in [-0.2, -0.15) is 11.3 Å². The number of allylic oxidation sites excluding steroid dienone is 2. The minimum atomic E-state index is -0.976. The number of fused-ring (bicyclic) bond motifs is 3. The predicted molar refractivity (Wildman–Crippen MR) is 117 cm³/mol. The van der Waals surface area contributed by atoms with Crippen molar-refractivity contribution in [2.75, 3.05) is 0 Å². The van der Waals surface area contributed by atoms with Crippen LogP contribution in [-0.4, -0.2) is 8.07 Å². The van der Waals surface area contributed by atoms with Crippen molar-refractivity contribution < 1.29 is 24.7 Å². The van der Waals surface area contributed by atoms with Crippen molar-refractivity contribution in [1.82, 2.24) is 0 Å². The SMILES string of the molecule is CC1=C2c3cscc3C1[Si]2(C)C.CC1=Cc2c(ccc3ccccc23)[CH]1[Zr]. The van der Waals surface area contributed by atoms with E-state index in [1.54, 1.807) is 46.6 Å². The van der Waals surface area contributed by atoms with Crippen LogP contribution in [0, 0.1) is 0 Å². The van der Waals surface area contributed by atoms with Gasteiger partial charge in [-0.15, -0.1) is 0 Å². The Bertz CT molecular complexity index is 1150. The molecule has 1 aromatic heterocycles. The van der Waals surface area contributed by atoms with Crippen molar-refractivity contribution in [2.24, 2.45) is 0 Å². The standard InChI is InChI=1S/C14H11.C10H12SSi.Zr/c1-10-8-12-7-6-11-4-2-3-5-13(11)14(12)9-10;1-6-9-7-4-11-5-8(7)10(6)12(9,2)3;/h2-9H,1H3;4-5,9H,1-3H3;. The summed E-state index contributed by atoms with van der Waals surface area (Å²) in [5.41, 5.74) is 10.3. The first-order valence-corrected chi connectivity index (χ1v) is 15.0. The van der Waals surface area contributed by atoms with Crippen LogP contribution >= 0.6 is 11.3 Å². The van der Waals surface area contributed by atoms with E-state index in [1.807, 2.05) is 11.3 Å². The molecular weight excluding hydrogens is 440 g/mol. The third-order valence-corrected chi connectivity index (χ3v) is 13.4. The topological polar surface area (TPSA) is 0 Å². The van der Waals surface area contributed by atoms with Crippen molar-refractivity contribution in [3.05, 3.63) is 80.6 Å². The first-order valence-electron chi connectivity index (χ1n) is 9.60. The average molecular weight is 463 g/mol. The summed E-state index contributed by atoms with van der Waals surface area (Å²) in [5.74, 6) is 0. The maximum atomic E-state index is 2.50. The fraction of sp³-hybridized carbons (Fsp3) is 0.250. The molecule has 2 aliphatic carbocycles. The molecule has 2 bridgehead atoms. The summed E-state index contributed by atoms with van der Waals surface area (Å²) in [6.45, 7) is 9.58. The number of rotatable bonds is 0. The van der Waals surface area contributed by atoms with Crippen molar-refractivity contribution in [3.8, 4) is 0 Å². The Hall–Kier alpha value is -1.02. The second-order valence-electron chi connectivity index (χ2n) is 8.56. The second-order valence-corrected chi connectivity index (χ2v) is 15.2. The van der Waals surface area contributed by atoms with Gasteiger partial charge in [0.2, 0.25) is 0 Å². The van der Waals surface area contributed by atoms with Gasteiger partial charge < -0.3 is 0 Å². The van der Waals surface area contributed by atoms with E-state index < -0.39 is 8.07 Å². The minimum absolute atomic E-state index is 0.678. The van der Waals surface area contributed by atoms with E-state index in [2.05, 4.69) is 80.2 Å². The predicted octanol–water partition coefficient (Wildman–Crippen LogP) is 7.26. The Morgan fingerprint density at radius 2 is 1.74 bits per heavy atom. The molecular formula is C24H23SSiZr. The summed E-state index contributed by atoms with van der Waals surface area (Å²) in [6.07, 6.45) is 2.36. The van der Waals surface area contributed by atoms with Gasteiger partial charge in [-0.05, 0) is 28.8 Å². The van der Waals surface area contributed by atoms with Crippen LogP contribution < -0.4 is 0 Å². The molecule has 3 heterocycles. The van der Waals surface area contributed by atoms with Crippen LogP contribution in [0.3, 0.4) is 0 Å². The van der Waals surface area contributed by atoms with Crippen molar-refractivity contribution in [2.45, 2.75) is 36.1 Å². The first kappa shape index (κ1) is 18.0. The van der Waals surface area contributed by atoms with Gasteiger partial charge in [0.1, 0.15) is 0 Å². The molecule has 3 heteroatoms. The number of hydrogen-bond acceptors (Lipinski definition) is 1. The van der Waals surface area contributed by atoms with Crippen molar-refractivity contribution in [3.63, 3.8) is 0 Å². The third kappa shape index (κ3) is 2.48. The van der Waals surface area contributed by atoms with E-state index in [4.69, 9.17) is 0 Å². The molecule has 3 aromatic rings. The molecule has 0 amide bonds. The van der Waals surface area contributed by atoms with Crippen LogP contribution in [0.5, 0.6) is 0 Å². The molecule has 0 N–H and O–H groups in total. The molecule has 2 aromatic carbocycles. The van der Waals surface area contributed by atoms with E-state index in [9.17, 15) is 0 Å². The number of thiophene rings is 1. The van der Waals surface area contributed by atoms with Crippen LogP contribution in [0.2, 0.25) is 13.1 Å². The average Bonchev–Trinajstić information content (AvgIpc) is 3.33. The van der Waals surface area contributed by atoms with Gasteiger partial charge in [0, 0.05) is 5.54 Å².